The van der Waals surface area contributed by atoms with Crippen molar-refractivity contribution in [2.45, 2.75) is 6.54 Å². The molecule has 0 aliphatic rings. The third-order valence-electron chi connectivity index (χ3n) is 3.40. The quantitative estimate of drug-likeness (QED) is 0.490. The number of para-hydroxylation sites is 1. The predicted octanol–water partition coefficient (Wildman–Crippen LogP) is 1.81. The Morgan fingerprint density at radius 1 is 1.35 bits per heavy atom. The van der Waals surface area contributed by atoms with Crippen LogP contribution in [-0.4, -0.2) is 42.5 Å². The number of benzene rings is 1. The molecular formula is C17H17N3O3. The van der Waals surface area contributed by atoms with Crippen molar-refractivity contribution in [2.75, 3.05) is 21.2 Å². The second-order valence-electron chi connectivity index (χ2n) is 5.18. The van der Waals surface area contributed by atoms with Gasteiger partial charge in [-0.2, -0.15) is 5.26 Å². The summed E-state index contributed by atoms with van der Waals surface area (Å²) in [6, 6.07) is 9.40. The van der Waals surface area contributed by atoms with E-state index >= 15 is 0 Å². The average molecular weight is 311 g/mol. The maximum Gasteiger partial charge on any atom is 0.325 e. The molecule has 0 fully saturated rings. The van der Waals surface area contributed by atoms with E-state index in [0.29, 0.717) is 5.56 Å². The van der Waals surface area contributed by atoms with E-state index in [-0.39, 0.29) is 24.0 Å². The zero-order chi connectivity index (χ0) is 17.0. The van der Waals surface area contributed by atoms with E-state index in [0.717, 1.165) is 10.9 Å². The van der Waals surface area contributed by atoms with Crippen LogP contribution in [-0.2, 0) is 20.9 Å². The van der Waals surface area contributed by atoms with E-state index < -0.39 is 0 Å². The molecule has 0 spiro atoms. The number of amides is 1. The molecule has 0 atom stereocenters. The Morgan fingerprint density at radius 3 is 2.65 bits per heavy atom. The molecule has 2 rings (SSSR count). The van der Waals surface area contributed by atoms with E-state index in [1.807, 2.05) is 30.3 Å². The van der Waals surface area contributed by atoms with Gasteiger partial charge in [-0.15, -0.1) is 0 Å². The van der Waals surface area contributed by atoms with Crippen molar-refractivity contribution in [1.82, 2.24) is 9.47 Å². The van der Waals surface area contributed by atoms with Crippen molar-refractivity contribution >= 4 is 28.9 Å². The molecule has 0 saturated heterocycles. The van der Waals surface area contributed by atoms with Crippen LogP contribution in [0.1, 0.15) is 5.56 Å². The minimum Gasteiger partial charge on any atom is -0.468 e. The van der Waals surface area contributed by atoms with Gasteiger partial charge in [0.15, 0.2) is 0 Å². The summed E-state index contributed by atoms with van der Waals surface area (Å²) >= 11 is 0. The molecule has 1 amide bonds. The van der Waals surface area contributed by atoms with Gasteiger partial charge in [0, 0.05) is 36.8 Å². The van der Waals surface area contributed by atoms with Crippen LogP contribution < -0.4 is 0 Å². The first-order chi connectivity index (χ1) is 11.0. The number of nitriles is 1. The first-order valence-electron chi connectivity index (χ1n) is 6.96. The van der Waals surface area contributed by atoms with Crippen LogP contribution in [0.3, 0.4) is 0 Å². The molecular weight excluding hydrogens is 294 g/mol. The van der Waals surface area contributed by atoms with E-state index in [1.165, 1.54) is 12.0 Å². The molecule has 0 radical (unpaired) electrons. The maximum atomic E-state index is 12.0. The number of nitrogens with zero attached hydrogens (tertiary/aromatic N) is 3. The van der Waals surface area contributed by atoms with Gasteiger partial charge in [0.2, 0.25) is 0 Å². The standard InChI is InChI=1S/C17H17N3O3/c1-19(2)17(22)12(9-18)8-13-10-20(11-16(21)23-3)15-7-5-4-6-14(13)15/h4-8,10H,11H2,1-3H3/b12-8-. The van der Waals surface area contributed by atoms with Gasteiger partial charge < -0.3 is 14.2 Å². The predicted molar refractivity (Wildman–Crippen MR) is 86.2 cm³/mol. The summed E-state index contributed by atoms with van der Waals surface area (Å²) in [6.45, 7) is 0.0639. The molecule has 0 saturated carbocycles. The lowest BCUT2D eigenvalue weighted by molar-refractivity contribution is -0.141. The van der Waals surface area contributed by atoms with Gasteiger partial charge >= 0.3 is 5.97 Å². The molecule has 0 aliphatic carbocycles. The van der Waals surface area contributed by atoms with Gasteiger partial charge in [0.05, 0.1) is 7.11 Å². The monoisotopic (exact) mass is 311 g/mol. The third kappa shape index (κ3) is 3.40. The topological polar surface area (TPSA) is 75.3 Å². The van der Waals surface area contributed by atoms with Crippen molar-refractivity contribution in [3.05, 3.63) is 41.6 Å². The molecule has 1 aromatic carbocycles. The number of methoxy groups -OCH3 is 1. The second-order valence-corrected chi connectivity index (χ2v) is 5.18. The van der Waals surface area contributed by atoms with Crippen LogP contribution in [0, 0.1) is 11.3 Å². The number of ether oxygens (including phenoxy) is 1. The van der Waals surface area contributed by atoms with Gasteiger partial charge in [-0.25, -0.2) is 0 Å². The minimum absolute atomic E-state index is 0.0379. The van der Waals surface area contributed by atoms with Crippen molar-refractivity contribution in [2.24, 2.45) is 0 Å². The Labute approximate surface area is 134 Å². The minimum atomic E-state index is -0.369. The van der Waals surface area contributed by atoms with Crippen molar-refractivity contribution in [3.63, 3.8) is 0 Å². The van der Waals surface area contributed by atoms with Crippen molar-refractivity contribution < 1.29 is 14.3 Å². The van der Waals surface area contributed by atoms with Gasteiger partial charge in [0.1, 0.15) is 18.2 Å². The Hall–Kier alpha value is -3.07. The number of carbonyl (C=O) groups excluding carboxylic acids is 2. The summed E-state index contributed by atoms with van der Waals surface area (Å²) in [7, 11) is 4.51. The number of aromatic nitrogens is 1. The number of hydrogen-bond donors (Lipinski definition) is 0. The van der Waals surface area contributed by atoms with Crippen LogP contribution in [0.25, 0.3) is 17.0 Å². The van der Waals surface area contributed by atoms with Crippen LogP contribution in [0.2, 0.25) is 0 Å². The van der Waals surface area contributed by atoms with Gasteiger partial charge in [-0.3, -0.25) is 9.59 Å². The summed E-state index contributed by atoms with van der Waals surface area (Å²) in [4.78, 5) is 24.9. The highest BCUT2D eigenvalue weighted by Crippen LogP contribution is 2.24. The number of fused-ring (bicyclic) bond motifs is 1. The summed E-state index contributed by atoms with van der Waals surface area (Å²) in [5.41, 5.74) is 1.57. The fourth-order valence-corrected chi connectivity index (χ4v) is 2.26. The zero-order valence-corrected chi connectivity index (χ0v) is 13.2. The van der Waals surface area contributed by atoms with Gasteiger partial charge in [-0.05, 0) is 12.1 Å². The number of rotatable bonds is 4. The highest BCUT2D eigenvalue weighted by Gasteiger charge is 2.14. The molecule has 1 aromatic heterocycles. The summed E-state index contributed by atoms with van der Waals surface area (Å²) in [5.74, 6) is -0.733. The molecule has 2 aromatic rings. The SMILES string of the molecule is COC(=O)Cn1cc(/C=C(/C#N)C(=O)N(C)C)c2ccccc21. The molecule has 6 nitrogen and oxygen atoms in total. The molecule has 23 heavy (non-hydrogen) atoms. The van der Waals surface area contributed by atoms with Crippen LogP contribution in [0.4, 0.5) is 0 Å². The smallest absolute Gasteiger partial charge is 0.325 e. The van der Waals surface area contributed by atoms with E-state index in [4.69, 9.17) is 4.74 Å². The highest BCUT2D eigenvalue weighted by molar-refractivity contribution is 6.03. The highest BCUT2D eigenvalue weighted by atomic mass is 16.5. The van der Waals surface area contributed by atoms with Crippen molar-refractivity contribution in [3.8, 4) is 6.07 Å². The van der Waals surface area contributed by atoms with E-state index in [2.05, 4.69) is 0 Å². The van der Waals surface area contributed by atoms with E-state index in [9.17, 15) is 14.9 Å². The number of hydrogen-bond acceptors (Lipinski definition) is 4. The molecule has 0 N–H and O–H groups in total. The van der Waals surface area contributed by atoms with Crippen molar-refractivity contribution in [1.29, 1.82) is 5.26 Å². The molecule has 1 heterocycles. The van der Waals surface area contributed by atoms with Gasteiger partial charge in [-0.1, -0.05) is 18.2 Å². The summed E-state index contributed by atoms with van der Waals surface area (Å²) < 4.78 is 6.43. The molecule has 0 bridgehead atoms. The molecule has 0 unspecified atom stereocenters. The lowest BCUT2D eigenvalue weighted by atomic mass is 10.1. The number of carbonyl (C=O) groups is 2. The molecule has 0 aliphatic heterocycles. The molecule has 118 valence electrons. The fraction of sp³-hybridized carbons (Fsp3) is 0.235. The summed E-state index contributed by atoms with van der Waals surface area (Å²) in [6.07, 6.45) is 3.28. The Bertz CT molecular complexity index is 825. The summed E-state index contributed by atoms with van der Waals surface area (Å²) in [5, 5.41) is 10.1. The number of likely N-dealkylation sites (N-methyl/N-ethyl adjacent to an activating group) is 1. The van der Waals surface area contributed by atoms with Crippen LogP contribution >= 0.6 is 0 Å². The third-order valence-corrected chi connectivity index (χ3v) is 3.40. The average Bonchev–Trinajstić information content (AvgIpc) is 2.89. The Morgan fingerprint density at radius 2 is 2.04 bits per heavy atom. The first kappa shape index (κ1) is 16.3. The van der Waals surface area contributed by atoms with E-state index in [1.54, 1.807) is 30.9 Å². The van der Waals surface area contributed by atoms with Crippen LogP contribution in [0.5, 0.6) is 0 Å². The van der Waals surface area contributed by atoms with Gasteiger partial charge in [0.25, 0.3) is 5.91 Å². The largest absolute Gasteiger partial charge is 0.468 e. The van der Waals surface area contributed by atoms with Crippen LogP contribution in [0.15, 0.2) is 36.0 Å². The zero-order valence-electron chi connectivity index (χ0n) is 13.2. The Kier molecular flexibility index (Phi) is 4.82. The normalized spacial score (nSPS) is 11.1. The maximum absolute atomic E-state index is 12.0. The molecule has 6 heteroatoms. The lowest BCUT2D eigenvalue weighted by Gasteiger charge is -2.08. The fourth-order valence-electron chi connectivity index (χ4n) is 2.26. The second kappa shape index (κ2) is 6.79. The first-order valence-corrected chi connectivity index (χ1v) is 6.96. The Balaban J connectivity index is 2.55. The number of esters is 1. The lowest BCUT2D eigenvalue weighted by Crippen LogP contribution is -2.22.